The molecule has 0 aromatic carbocycles. The van der Waals surface area contributed by atoms with Crippen LogP contribution in [0.15, 0.2) is 0 Å². The first-order valence-electron chi connectivity index (χ1n) is 4.92. The Balaban J connectivity index is 3.38. The number of esters is 1. The summed E-state index contributed by atoms with van der Waals surface area (Å²) in [5.41, 5.74) is 0. The maximum absolute atomic E-state index is 11.0. The number of hydrogen-bond acceptors (Lipinski definition) is 2. The molecule has 0 bridgehead atoms. The standard InChI is InChI=1S/C10H19ClO2/c1-3-13-10(12)8-9(2)6-4-5-7-11/h9H,3-8H2,1-2H3. The van der Waals surface area contributed by atoms with Crippen LogP contribution < -0.4 is 0 Å². The van der Waals surface area contributed by atoms with E-state index in [1.54, 1.807) is 0 Å². The van der Waals surface area contributed by atoms with Gasteiger partial charge in [0.05, 0.1) is 6.61 Å². The van der Waals surface area contributed by atoms with E-state index in [4.69, 9.17) is 16.3 Å². The van der Waals surface area contributed by atoms with Crippen LogP contribution in [0.25, 0.3) is 0 Å². The van der Waals surface area contributed by atoms with E-state index in [9.17, 15) is 4.79 Å². The van der Waals surface area contributed by atoms with Crippen molar-refractivity contribution in [3.8, 4) is 0 Å². The molecule has 0 saturated carbocycles. The second-order valence-corrected chi connectivity index (χ2v) is 3.68. The monoisotopic (exact) mass is 206 g/mol. The van der Waals surface area contributed by atoms with E-state index >= 15 is 0 Å². The molecule has 0 fully saturated rings. The smallest absolute Gasteiger partial charge is 0.306 e. The molecule has 3 heteroatoms. The Labute approximate surface area is 85.6 Å². The van der Waals surface area contributed by atoms with Gasteiger partial charge in [-0.15, -0.1) is 11.6 Å². The molecule has 2 nitrogen and oxygen atoms in total. The molecule has 0 heterocycles. The van der Waals surface area contributed by atoms with E-state index in [1.807, 2.05) is 6.92 Å². The Morgan fingerprint density at radius 1 is 1.46 bits per heavy atom. The molecule has 0 aromatic rings. The highest BCUT2D eigenvalue weighted by Crippen LogP contribution is 2.12. The van der Waals surface area contributed by atoms with Gasteiger partial charge in [-0.25, -0.2) is 0 Å². The molecule has 78 valence electrons. The van der Waals surface area contributed by atoms with Crippen molar-refractivity contribution in [2.75, 3.05) is 12.5 Å². The van der Waals surface area contributed by atoms with Crippen molar-refractivity contribution in [2.24, 2.45) is 5.92 Å². The Kier molecular flexibility index (Phi) is 8.21. The number of halogens is 1. The van der Waals surface area contributed by atoms with Crippen LogP contribution in [0.3, 0.4) is 0 Å². The average Bonchev–Trinajstić information content (AvgIpc) is 2.05. The van der Waals surface area contributed by atoms with E-state index in [0.717, 1.165) is 19.3 Å². The summed E-state index contributed by atoms with van der Waals surface area (Å²) < 4.78 is 4.85. The third-order valence-electron chi connectivity index (χ3n) is 1.90. The summed E-state index contributed by atoms with van der Waals surface area (Å²) in [5, 5.41) is 0. The summed E-state index contributed by atoms with van der Waals surface area (Å²) in [5.74, 6) is 1.05. The molecule has 1 atom stereocenters. The summed E-state index contributed by atoms with van der Waals surface area (Å²) in [6.07, 6.45) is 3.74. The zero-order valence-electron chi connectivity index (χ0n) is 8.51. The first kappa shape index (κ1) is 12.8. The number of alkyl halides is 1. The molecule has 0 N–H and O–H groups in total. The van der Waals surface area contributed by atoms with Crippen LogP contribution in [0.2, 0.25) is 0 Å². The van der Waals surface area contributed by atoms with Crippen molar-refractivity contribution in [1.29, 1.82) is 0 Å². The second kappa shape index (κ2) is 8.36. The van der Waals surface area contributed by atoms with Crippen molar-refractivity contribution in [2.45, 2.75) is 39.5 Å². The lowest BCUT2D eigenvalue weighted by Gasteiger charge is -2.09. The van der Waals surface area contributed by atoms with Crippen LogP contribution in [0, 0.1) is 5.92 Å². The number of rotatable bonds is 7. The Bertz CT molecular complexity index is 137. The molecule has 0 radical (unpaired) electrons. The van der Waals surface area contributed by atoms with E-state index < -0.39 is 0 Å². The molecular formula is C10H19ClO2. The average molecular weight is 207 g/mol. The maximum atomic E-state index is 11.0. The maximum Gasteiger partial charge on any atom is 0.306 e. The lowest BCUT2D eigenvalue weighted by Crippen LogP contribution is -2.09. The molecule has 0 aliphatic rings. The highest BCUT2D eigenvalue weighted by atomic mass is 35.5. The van der Waals surface area contributed by atoms with E-state index in [-0.39, 0.29) is 5.97 Å². The molecule has 0 saturated heterocycles. The van der Waals surface area contributed by atoms with E-state index in [0.29, 0.717) is 24.8 Å². The molecule has 0 spiro atoms. The van der Waals surface area contributed by atoms with Gasteiger partial charge >= 0.3 is 5.97 Å². The van der Waals surface area contributed by atoms with Gasteiger partial charge in [0, 0.05) is 12.3 Å². The second-order valence-electron chi connectivity index (χ2n) is 3.30. The first-order valence-corrected chi connectivity index (χ1v) is 5.45. The van der Waals surface area contributed by atoms with Gasteiger partial charge in [-0.1, -0.05) is 19.8 Å². The largest absolute Gasteiger partial charge is 0.466 e. The minimum atomic E-state index is -0.0825. The van der Waals surface area contributed by atoms with Gasteiger partial charge in [-0.3, -0.25) is 4.79 Å². The fourth-order valence-corrected chi connectivity index (χ4v) is 1.38. The minimum absolute atomic E-state index is 0.0825. The summed E-state index contributed by atoms with van der Waals surface area (Å²) >= 11 is 5.55. The van der Waals surface area contributed by atoms with E-state index in [2.05, 4.69) is 6.92 Å². The van der Waals surface area contributed by atoms with Crippen molar-refractivity contribution >= 4 is 17.6 Å². The number of carbonyl (C=O) groups is 1. The third kappa shape index (κ3) is 8.10. The minimum Gasteiger partial charge on any atom is -0.466 e. The fourth-order valence-electron chi connectivity index (χ4n) is 1.19. The van der Waals surface area contributed by atoms with Crippen molar-refractivity contribution in [3.63, 3.8) is 0 Å². The molecular weight excluding hydrogens is 188 g/mol. The summed E-state index contributed by atoms with van der Waals surface area (Å²) in [6.45, 7) is 4.38. The third-order valence-corrected chi connectivity index (χ3v) is 2.17. The zero-order valence-corrected chi connectivity index (χ0v) is 9.27. The van der Waals surface area contributed by atoms with Gasteiger partial charge in [-0.2, -0.15) is 0 Å². The number of ether oxygens (including phenoxy) is 1. The Morgan fingerprint density at radius 3 is 2.69 bits per heavy atom. The van der Waals surface area contributed by atoms with Crippen LogP contribution in [0.5, 0.6) is 0 Å². The van der Waals surface area contributed by atoms with Gasteiger partial charge in [0.25, 0.3) is 0 Å². The van der Waals surface area contributed by atoms with Crippen LogP contribution in [0.1, 0.15) is 39.5 Å². The summed E-state index contributed by atoms with van der Waals surface area (Å²) in [6, 6.07) is 0. The van der Waals surface area contributed by atoms with Gasteiger partial charge in [-0.05, 0) is 19.3 Å². The highest BCUT2D eigenvalue weighted by Gasteiger charge is 2.08. The van der Waals surface area contributed by atoms with E-state index in [1.165, 1.54) is 0 Å². The molecule has 0 aliphatic carbocycles. The van der Waals surface area contributed by atoms with Crippen molar-refractivity contribution in [1.82, 2.24) is 0 Å². The Hall–Kier alpha value is -0.240. The normalized spacial score (nSPS) is 12.5. The Morgan fingerprint density at radius 2 is 2.15 bits per heavy atom. The van der Waals surface area contributed by atoms with Crippen molar-refractivity contribution < 1.29 is 9.53 Å². The van der Waals surface area contributed by atoms with Crippen LogP contribution in [0.4, 0.5) is 0 Å². The van der Waals surface area contributed by atoms with Gasteiger partial charge in [0.1, 0.15) is 0 Å². The zero-order chi connectivity index (χ0) is 10.1. The topological polar surface area (TPSA) is 26.3 Å². The van der Waals surface area contributed by atoms with Gasteiger partial charge < -0.3 is 4.74 Å². The molecule has 13 heavy (non-hydrogen) atoms. The highest BCUT2D eigenvalue weighted by molar-refractivity contribution is 6.17. The molecule has 0 amide bonds. The van der Waals surface area contributed by atoms with Gasteiger partial charge in [0.2, 0.25) is 0 Å². The molecule has 0 rings (SSSR count). The number of hydrogen-bond donors (Lipinski definition) is 0. The molecule has 1 unspecified atom stereocenters. The molecule has 0 aromatic heterocycles. The summed E-state index contributed by atoms with van der Waals surface area (Å²) in [7, 11) is 0. The molecule has 0 aliphatic heterocycles. The lowest BCUT2D eigenvalue weighted by molar-refractivity contribution is -0.144. The first-order chi connectivity index (χ1) is 6.20. The van der Waals surface area contributed by atoms with Crippen molar-refractivity contribution in [3.05, 3.63) is 0 Å². The SMILES string of the molecule is CCOC(=O)CC(C)CCCCCl. The predicted molar refractivity (Wildman–Crippen MR) is 55.0 cm³/mol. The lowest BCUT2D eigenvalue weighted by atomic mass is 10.0. The number of carbonyl (C=O) groups excluding carboxylic acids is 1. The van der Waals surface area contributed by atoms with Crippen LogP contribution in [-0.4, -0.2) is 18.5 Å². The fraction of sp³-hybridized carbons (Fsp3) is 0.900. The van der Waals surface area contributed by atoms with Crippen LogP contribution in [-0.2, 0) is 9.53 Å². The number of unbranched alkanes of at least 4 members (excludes halogenated alkanes) is 1. The summed E-state index contributed by atoms with van der Waals surface area (Å²) in [4.78, 5) is 11.0. The predicted octanol–water partition coefficient (Wildman–Crippen LogP) is 2.98. The quantitative estimate of drug-likeness (QED) is 0.364. The van der Waals surface area contributed by atoms with Crippen LogP contribution >= 0.6 is 11.6 Å². The van der Waals surface area contributed by atoms with Gasteiger partial charge in [0.15, 0.2) is 0 Å².